The Morgan fingerprint density at radius 2 is 1.74 bits per heavy atom. The van der Waals surface area contributed by atoms with E-state index in [9.17, 15) is 14.4 Å². The maximum absolute atomic E-state index is 14.1. The Morgan fingerprint density at radius 1 is 0.978 bits per heavy atom. The highest BCUT2D eigenvalue weighted by molar-refractivity contribution is 8.00. The number of likely N-dealkylation sites (tertiary alicyclic amines) is 1. The molecular weight excluding hydrogens is 597 g/mol. The summed E-state index contributed by atoms with van der Waals surface area (Å²) in [7, 11) is 0. The molecule has 5 aliphatic heterocycles. The zero-order valence-corrected chi connectivity index (χ0v) is 28.8. The zero-order chi connectivity index (χ0) is 32.0. The number of aryl methyl sites for hydroxylation is 2. The van der Waals surface area contributed by atoms with E-state index in [0.717, 1.165) is 69.4 Å². The molecule has 10 heteroatoms. The van der Waals surface area contributed by atoms with Gasteiger partial charge in [-0.25, -0.2) is 9.59 Å². The lowest BCUT2D eigenvalue weighted by Gasteiger charge is -2.57. The molecular formula is C36H56N6O3S. The minimum Gasteiger partial charge on any atom is -0.356 e. The van der Waals surface area contributed by atoms with Crippen molar-refractivity contribution in [2.75, 3.05) is 37.2 Å². The number of nitrogens with one attached hydrogen (secondary N) is 4. The molecule has 0 bridgehead atoms. The maximum atomic E-state index is 14.1. The number of rotatable bonds is 13. The van der Waals surface area contributed by atoms with Crippen LogP contribution in [0.5, 0.6) is 0 Å². The largest absolute Gasteiger partial charge is 0.356 e. The predicted molar refractivity (Wildman–Crippen MR) is 186 cm³/mol. The van der Waals surface area contributed by atoms with E-state index >= 15 is 0 Å². The van der Waals surface area contributed by atoms with Crippen LogP contribution in [0, 0.1) is 11.8 Å². The van der Waals surface area contributed by atoms with E-state index in [1.165, 1.54) is 49.9 Å². The number of carbonyl (C=O) groups is 3. The van der Waals surface area contributed by atoms with Crippen molar-refractivity contribution in [2.24, 2.45) is 11.8 Å². The van der Waals surface area contributed by atoms with Gasteiger partial charge in [0.05, 0.1) is 12.1 Å². The smallest absolute Gasteiger partial charge is 0.322 e. The van der Waals surface area contributed by atoms with E-state index in [1.807, 2.05) is 11.8 Å². The number of thioether (sulfide) groups is 1. The number of fused-ring (bicyclic) bond motifs is 1. The Hall–Kier alpha value is -2.46. The second kappa shape index (κ2) is 15.6. The van der Waals surface area contributed by atoms with Gasteiger partial charge in [-0.2, -0.15) is 11.8 Å². The van der Waals surface area contributed by atoms with Crippen LogP contribution in [0.15, 0.2) is 18.2 Å². The molecule has 0 aliphatic carbocycles. The number of unbranched alkanes of at least 4 members (excludes halogenated alkanes) is 2. The molecule has 0 radical (unpaired) electrons. The quantitative estimate of drug-likeness (QED) is 0.166. The van der Waals surface area contributed by atoms with Crippen LogP contribution < -0.4 is 21.3 Å². The molecule has 46 heavy (non-hydrogen) atoms. The zero-order valence-electron chi connectivity index (χ0n) is 28.0. The van der Waals surface area contributed by atoms with Crippen molar-refractivity contribution in [1.29, 1.82) is 0 Å². The first-order chi connectivity index (χ1) is 22.5. The van der Waals surface area contributed by atoms with Crippen LogP contribution in [0.1, 0.15) is 95.6 Å². The Kier molecular flexibility index (Phi) is 11.4. The Labute approximate surface area is 280 Å². The van der Waals surface area contributed by atoms with Crippen LogP contribution in [0.4, 0.5) is 15.3 Å². The average Bonchev–Trinajstić information content (AvgIpc) is 3.62. The molecule has 5 heterocycles. The van der Waals surface area contributed by atoms with Gasteiger partial charge in [0.15, 0.2) is 0 Å². The third kappa shape index (κ3) is 7.48. The van der Waals surface area contributed by atoms with E-state index in [-0.39, 0.29) is 36.1 Å². The highest BCUT2D eigenvalue weighted by atomic mass is 32.2. The van der Waals surface area contributed by atoms with Crippen LogP contribution >= 0.6 is 11.8 Å². The first kappa shape index (κ1) is 33.4. The third-order valence-corrected chi connectivity index (χ3v) is 13.0. The maximum Gasteiger partial charge on any atom is 0.322 e. The van der Waals surface area contributed by atoms with E-state index in [4.69, 9.17) is 0 Å². The van der Waals surface area contributed by atoms with E-state index in [2.05, 4.69) is 63.1 Å². The molecule has 0 aromatic heterocycles. The molecule has 4 N–H and O–H groups in total. The Bertz CT molecular complexity index is 1210. The molecule has 0 spiro atoms. The van der Waals surface area contributed by atoms with E-state index < -0.39 is 0 Å². The molecule has 5 saturated heterocycles. The molecule has 254 valence electrons. The van der Waals surface area contributed by atoms with Gasteiger partial charge in [-0.15, -0.1) is 0 Å². The van der Waals surface area contributed by atoms with Gasteiger partial charge in [0.1, 0.15) is 0 Å². The lowest BCUT2D eigenvalue weighted by molar-refractivity contribution is -0.121. The number of para-hydroxylation sites is 1. The highest BCUT2D eigenvalue weighted by Crippen LogP contribution is 2.43. The van der Waals surface area contributed by atoms with E-state index in [0.29, 0.717) is 36.1 Å². The van der Waals surface area contributed by atoms with Gasteiger partial charge in [-0.05, 0) is 107 Å². The van der Waals surface area contributed by atoms with Gasteiger partial charge in [0.25, 0.3) is 0 Å². The van der Waals surface area contributed by atoms with Crippen LogP contribution in [0.2, 0.25) is 0 Å². The molecule has 1 unspecified atom stereocenters. The number of amides is 5. The topological polar surface area (TPSA) is 106 Å². The second-order valence-electron chi connectivity index (χ2n) is 14.3. The Morgan fingerprint density at radius 3 is 2.52 bits per heavy atom. The number of hydrogen-bond acceptors (Lipinski definition) is 5. The molecule has 9 nitrogen and oxygen atoms in total. The number of hydrogen-bond donors (Lipinski definition) is 4. The number of anilines is 1. The van der Waals surface area contributed by atoms with Gasteiger partial charge in [-0.1, -0.05) is 38.5 Å². The number of carbonyl (C=O) groups excluding carboxylic acids is 3. The van der Waals surface area contributed by atoms with Crippen molar-refractivity contribution in [3.8, 4) is 0 Å². The number of piperidine rings is 3. The summed E-state index contributed by atoms with van der Waals surface area (Å²) >= 11 is 1.93. The first-order valence-corrected chi connectivity index (χ1v) is 19.4. The molecule has 1 aromatic rings. The summed E-state index contributed by atoms with van der Waals surface area (Å²) in [5.74, 6) is 2.21. The molecule has 6 rings (SSSR count). The van der Waals surface area contributed by atoms with Crippen LogP contribution in [0.25, 0.3) is 0 Å². The van der Waals surface area contributed by atoms with Gasteiger partial charge < -0.3 is 26.2 Å². The minimum atomic E-state index is -0.0404. The van der Waals surface area contributed by atoms with Gasteiger partial charge in [0.2, 0.25) is 5.91 Å². The van der Waals surface area contributed by atoms with Crippen molar-refractivity contribution in [3.05, 3.63) is 29.3 Å². The average molecular weight is 653 g/mol. The SMILES string of the molecule is CCc1cccc(CC)c1NC(=O)N1C[C@@H]2CCCN3CCC[C@H](C1CCCCNC(=O)CCCC[C@H]1SC[C@H]4NC(=O)N[C@H]41)[C@H]23. The van der Waals surface area contributed by atoms with Crippen molar-refractivity contribution < 1.29 is 14.4 Å². The summed E-state index contributed by atoms with van der Waals surface area (Å²) in [6.07, 6.45) is 13.1. The standard InChI is InChI=1S/C36H56N6O3S/c1-3-24-12-9-13-25(4-2)32(24)40-36(45)42-22-26-14-10-20-41-21-11-15-27(34(26)41)29(42)16-7-8-19-37-31(43)18-6-5-17-30-33-28(23-46-30)38-35(44)39-33/h9,12-13,26-30,33-34H,3-8,10-11,14-23H2,1-2H3,(H,37,43)(H,40,45)(H2,38,39,44)/t26-,27+,28+,29?,30+,33+,34-/m0/s1. The molecule has 5 amide bonds. The first-order valence-electron chi connectivity index (χ1n) is 18.3. The fraction of sp³-hybridized carbons (Fsp3) is 0.750. The molecule has 7 atom stereocenters. The number of urea groups is 2. The van der Waals surface area contributed by atoms with Gasteiger partial charge in [-0.3, -0.25) is 9.69 Å². The lowest BCUT2D eigenvalue weighted by atomic mass is 9.69. The summed E-state index contributed by atoms with van der Waals surface area (Å²) in [5.41, 5.74) is 3.44. The van der Waals surface area contributed by atoms with Crippen molar-refractivity contribution in [3.63, 3.8) is 0 Å². The van der Waals surface area contributed by atoms with E-state index in [1.54, 1.807) is 0 Å². The van der Waals surface area contributed by atoms with Crippen LogP contribution in [0.3, 0.4) is 0 Å². The summed E-state index contributed by atoms with van der Waals surface area (Å²) in [5, 5.41) is 13.1. The Balaban J connectivity index is 0.991. The predicted octanol–water partition coefficient (Wildman–Crippen LogP) is 5.53. The van der Waals surface area contributed by atoms with Gasteiger partial charge in [0, 0.05) is 48.3 Å². The van der Waals surface area contributed by atoms with Crippen molar-refractivity contribution in [2.45, 2.75) is 127 Å². The fourth-order valence-electron chi connectivity index (χ4n) is 9.25. The molecule has 5 aliphatic rings. The van der Waals surface area contributed by atoms with Crippen LogP contribution in [-0.4, -0.2) is 89.1 Å². The van der Waals surface area contributed by atoms with Crippen molar-refractivity contribution >= 4 is 35.4 Å². The summed E-state index contributed by atoms with van der Waals surface area (Å²) < 4.78 is 0. The van der Waals surface area contributed by atoms with Crippen LogP contribution in [-0.2, 0) is 17.6 Å². The second-order valence-corrected chi connectivity index (χ2v) is 15.5. The minimum absolute atomic E-state index is 0.0404. The summed E-state index contributed by atoms with van der Waals surface area (Å²) in [6, 6.07) is 7.78. The lowest BCUT2D eigenvalue weighted by Crippen LogP contribution is -2.66. The fourth-order valence-corrected chi connectivity index (χ4v) is 10.8. The molecule has 5 fully saturated rings. The normalized spacial score (nSPS) is 30.3. The van der Waals surface area contributed by atoms with Crippen molar-refractivity contribution in [1.82, 2.24) is 25.8 Å². The molecule has 0 saturated carbocycles. The highest BCUT2D eigenvalue weighted by Gasteiger charge is 2.49. The van der Waals surface area contributed by atoms with Gasteiger partial charge >= 0.3 is 12.1 Å². The molecule has 1 aromatic carbocycles. The summed E-state index contributed by atoms with van der Waals surface area (Å²) in [4.78, 5) is 43.3. The summed E-state index contributed by atoms with van der Waals surface area (Å²) in [6.45, 7) is 8.29. The number of nitrogens with zero attached hydrogens (tertiary/aromatic N) is 2. The third-order valence-electron chi connectivity index (χ3n) is 11.5. The number of benzene rings is 1. The monoisotopic (exact) mass is 652 g/mol.